The molecule has 0 saturated carbocycles. The summed E-state index contributed by atoms with van der Waals surface area (Å²) in [6.07, 6.45) is 4.98. The van der Waals surface area contributed by atoms with Crippen molar-refractivity contribution in [2.75, 3.05) is 50.8 Å². The standard InChI is InChI=1S/C35H33ClF3N7O3/c1-20(37)33(48)45-14-13-44(17-23(45)15-40-2)32-25-16-41-30(24-6-3-5-21-7-8-26(38)28(36)27(21)24)29(39)31(25)42-34(43-32)49-18-22-9-11-35(19-47)10-4-12-46(22)35/h3,5-8,16,22-23,47H,1,4,9-15,17-19H2/t22?,23-,35?/m0/s1. The van der Waals surface area contributed by atoms with Crippen molar-refractivity contribution in [1.82, 2.24) is 24.8 Å². The van der Waals surface area contributed by atoms with Crippen molar-refractivity contribution >= 4 is 45.0 Å². The lowest BCUT2D eigenvalue weighted by Crippen LogP contribution is -2.56. The molecule has 2 unspecified atom stereocenters. The highest BCUT2D eigenvalue weighted by atomic mass is 35.5. The molecule has 1 amide bonds. The van der Waals surface area contributed by atoms with Crippen molar-refractivity contribution in [1.29, 1.82) is 0 Å². The Kier molecular flexibility index (Phi) is 8.81. The molecule has 3 aliphatic rings. The second-order valence-electron chi connectivity index (χ2n) is 12.8. The molecule has 0 spiro atoms. The van der Waals surface area contributed by atoms with E-state index >= 15 is 4.39 Å². The van der Waals surface area contributed by atoms with Crippen LogP contribution in [-0.2, 0) is 4.79 Å². The van der Waals surface area contributed by atoms with E-state index in [9.17, 15) is 18.7 Å². The van der Waals surface area contributed by atoms with Gasteiger partial charge in [-0.15, -0.1) is 0 Å². The Morgan fingerprint density at radius 1 is 1.16 bits per heavy atom. The van der Waals surface area contributed by atoms with Gasteiger partial charge in [-0.2, -0.15) is 9.97 Å². The minimum atomic E-state index is -1.12. The van der Waals surface area contributed by atoms with E-state index in [1.165, 1.54) is 17.2 Å². The number of piperazine rings is 1. The summed E-state index contributed by atoms with van der Waals surface area (Å²) in [7, 11) is 0. The molecule has 2 aromatic heterocycles. The number of rotatable bonds is 8. The zero-order valence-electron chi connectivity index (χ0n) is 26.5. The predicted molar refractivity (Wildman–Crippen MR) is 179 cm³/mol. The van der Waals surface area contributed by atoms with E-state index in [-0.39, 0.29) is 90.0 Å². The lowest BCUT2D eigenvalue weighted by atomic mass is 9.95. The number of aromatic nitrogens is 3. The Morgan fingerprint density at radius 2 is 2.00 bits per heavy atom. The van der Waals surface area contributed by atoms with Gasteiger partial charge in [-0.25, -0.2) is 19.7 Å². The maximum atomic E-state index is 16.8. The number of aliphatic hydroxyl groups excluding tert-OH is 1. The number of nitrogens with zero attached hydrogens (tertiary/aromatic N) is 7. The summed E-state index contributed by atoms with van der Waals surface area (Å²) in [6.45, 7) is 12.0. The van der Waals surface area contributed by atoms with Crippen LogP contribution >= 0.6 is 11.6 Å². The highest BCUT2D eigenvalue weighted by Gasteiger charge is 2.49. The molecule has 14 heteroatoms. The number of hydrogen-bond donors (Lipinski definition) is 1. The molecular formula is C35H33ClF3N7O3. The highest BCUT2D eigenvalue weighted by molar-refractivity contribution is 6.36. The third-order valence-electron chi connectivity index (χ3n) is 10.1. The summed E-state index contributed by atoms with van der Waals surface area (Å²) in [5.74, 6) is -3.17. The van der Waals surface area contributed by atoms with Crippen LogP contribution in [0.2, 0.25) is 5.02 Å². The molecule has 49 heavy (non-hydrogen) atoms. The molecule has 7 rings (SSSR count). The first-order valence-electron chi connectivity index (χ1n) is 16.1. The normalized spacial score (nSPS) is 22.4. The van der Waals surface area contributed by atoms with Crippen molar-refractivity contribution < 1.29 is 27.8 Å². The number of aliphatic hydroxyl groups is 1. The fourth-order valence-electron chi connectivity index (χ4n) is 7.74. The average molecular weight is 692 g/mol. The van der Waals surface area contributed by atoms with Crippen molar-refractivity contribution in [3.05, 3.63) is 77.0 Å². The van der Waals surface area contributed by atoms with Crippen molar-refractivity contribution in [2.45, 2.75) is 43.3 Å². The molecule has 3 atom stereocenters. The smallest absolute Gasteiger partial charge is 0.319 e. The summed E-state index contributed by atoms with van der Waals surface area (Å²) < 4.78 is 51.4. The molecule has 0 bridgehead atoms. The van der Waals surface area contributed by atoms with Gasteiger partial charge < -0.3 is 24.5 Å². The Balaban J connectivity index is 1.31. The molecule has 1 N–H and O–H groups in total. The number of halogens is 4. The van der Waals surface area contributed by atoms with Crippen molar-refractivity contribution in [3.8, 4) is 17.3 Å². The topological polar surface area (TPSA) is 99.3 Å². The number of amides is 1. The first-order valence-corrected chi connectivity index (χ1v) is 16.5. The highest BCUT2D eigenvalue weighted by Crippen LogP contribution is 2.43. The molecule has 5 heterocycles. The number of carbonyl (C=O) groups is 1. The molecule has 10 nitrogen and oxygen atoms in total. The van der Waals surface area contributed by atoms with Crippen LogP contribution in [0.15, 0.2) is 48.9 Å². The number of carbonyl (C=O) groups excluding carboxylic acids is 1. The van der Waals surface area contributed by atoms with Gasteiger partial charge in [0.2, 0.25) is 6.54 Å². The summed E-state index contributed by atoms with van der Waals surface area (Å²) >= 11 is 6.38. The van der Waals surface area contributed by atoms with E-state index < -0.39 is 29.4 Å². The lowest BCUT2D eigenvalue weighted by Gasteiger charge is -2.39. The fourth-order valence-corrected chi connectivity index (χ4v) is 8.01. The molecule has 0 aliphatic carbocycles. The van der Waals surface area contributed by atoms with Crippen molar-refractivity contribution in [3.63, 3.8) is 0 Å². The molecular weight excluding hydrogens is 659 g/mol. The van der Waals surface area contributed by atoms with Crippen LogP contribution in [0.25, 0.3) is 37.8 Å². The lowest BCUT2D eigenvalue weighted by molar-refractivity contribution is -0.131. The van der Waals surface area contributed by atoms with E-state index in [0.717, 1.165) is 32.2 Å². The summed E-state index contributed by atoms with van der Waals surface area (Å²) in [4.78, 5) is 35.0. The summed E-state index contributed by atoms with van der Waals surface area (Å²) in [5.41, 5.74) is -0.163. The molecule has 3 fully saturated rings. The molecule has 3 aliphatic heterocycles. The van der Waals surface area contributed by atoms with Crippen LogP contribution in [0.1, 0.15) is 25.7 Å². The van der Waals surface area contributed by atoms with Crippen LogP contribution < -0.4 is 9.64 Å². The van der Waals surface area contributed by atoms with E-state index in [1.807, 2.05) is 0 Å². The Bertz CT molecular complexity index is 2030. The SMILES string of the molecule is [C-]#[N+]C[C@H]1CN(c2nc(OCC3CCC4(CO)CCCN34)nc3c(F)c(-c4cccc5ccc(F)c(Cl)c45)ncc23)CCN1C(=O)C(=C)F. The Morgan fingerprint density at radius 3 is 2.78 bits per heavy atom. The number of benzene rings is 2. The average Bonchev–Trinajstić information content (AvgIpc) is 3.68. The van der Waals surface area contributed by atoms with Gasteiger partial charge in [-0.05, 0) is 43.7 Å². The van der Waals surface area contributed by atoms with Crippen LogP contribution in [0, 0.1) is 18.2 Å². The molecule has 254 valence electrons. The minimum Gasteiger partial charge on any atom is -0.462 e. The van der Waals surface area contributed by atoms with Gasteiger partial charge in [0.1, 0.15) is 35.5 Å². The third-order valence-corrected chi connectivity index (χ3v) is 10.5. The number of hydrogen-bond acceptors (Lipinski definition) is 8. The van der Waals surface area contributed by atoms with Gasteiger partial charge in [-0.3, -0.25) is 14.7 Å². The summed E-state index contributed by atoms with van der Waals surface area (Å²) in [6, 6.07) is 7.09. The number of ether oxygens (including phenoxy) is 1. The van der Waals surface area contributed by atoms with E-state index in [1.54, 1.807) is 29.2 Å². The van der Waals surface area contributed by atoms with Crippen LogP contribution in [0.5, 0.6) is 6.01 Å². The Hall–Kier alpha value is -4.51. The Labute approximate surface area is 285 Å². The zero-order valence-corrected chi connectivity index (χ0v) is 27.3. The quantitative estimate of drug-likeness (QED) is 0.189. The minimum absolute atomic E-state index is 0.00868. The molecule has 0 radical (unpaired) electrons. The van der Waals surface area contributed by atoms with Gasteiger partial charge in [0.25, 0.3) is 5.91 Å². The fraction of sp³-hybridized carbons (Fsp3) is 0.400. The van der Waals surface area contributed by atoms with Crippen LogP contribution in [-0.4, -0.2) is 99.3 Å². The molecule has 3 saturated heterocycles. The molecule has 2 aromatic carbocycles. The third kappa shape index (κ3) is 5.71. The van der Waals surface area contributed by atoms with Gasteiger partial charge in [-0.1, -0.05) is 42.4 Å². The summed E-state index contributed by atoms with van der Waals surface area (Å²) in [5, 5.41) is 11.2. The largest absolute Gasteiger partial charge is 0.462 e. The van der Waals surface area contributed by atoms with E-state index in [4.69, 9.17) is 27.9 Å². The van der Waals surface area contributed by atoms with Crippen molar-refractivity contribution in [2.24, 2.45) is 0 Å². The van der Waals surface area contributed by atoms with Gasteiger partial charge in [0, 0.05) is 48.4 Å². The predicted octanol–water partition coefficient (Wildman–Crippen LogP) is 5.56. The van der Waals surface area contributed by atoms with Crippen LogP contribution in [0.3, 0.4) is 0 Å². The second kappa shape index (κ2) is 13.1. The maximum Gasteiger partial charge on any atom is 0.319 e. The van der Waals surface area contributed by atoms with Gasteiger partial charge >= 0.3 is 6.01 Å². The number of pyridine rings is 1. The number of fused-ring (bicyclic) bond motifs is 3. The first-order chi connectivity index (χ1) is 23.7. The van der Waals surface area contributed by atoms with Gasteiger partial charge in [0.05, 0.1) is 17.0 Å². The first kappa shape index (κ1) is 33.0. The van der Waals surface area contributed by atoms with E-state index in [0.29, 0.717) is 10.8 Å². The van der Waals surface area contributed by atoms with Crippen LogP contribution in [0.4, 0.5) is 19.0 Å². The maximum absolute atomic E-state index is 16.8. The monoisotopic (exact) mass is 691 g/mol. The van der Waals surface area contributed by atoms with E-state index in [2.05, 4.69) is 26.3 Å². The molecule has 4 aromatic rings. The van der Waals surface area contributed by atoms with Gasteiger partial charge in [0.15, 0.2) is 11.6 Å². The number of anilines is 1. The second-order valence-corrected chi connectivity index (χ2v) is 13.2. The zero-order chi connectivity index (χ0) is 34.4.